The first-order valence-corrected chi connectivity index (χ1v) is 14.9. The summed E-state index contributed by atoms with van der Waals surface area (Å²) in [5.41, 5.74) is 3.65. The highest BCUT2D eigenvalue weighted by atomic mass is 16.5. The monoisotopic (exact) mass is 574 g/mol. The van der Waals surface area contributed by atoms with Gasteiger partial charge in [-0.15, -0.1) is 0 Å². The first-order valence-electron chi connectivity index (χ1n) is 14.9. The van der Waals surface area contributed by atoms with E-state index in [1.807, 2.05) is 6.92 Å². The number of ether oxygens (including phenoxy) is 5. The van der Waals surface area contributed by atoms with Crippen molar-refractivity contribution in [3.05, 3.63) is 53.6 Å². The highest BCUT2D eigenvalue weighted by molar-refractivity contribution is 5.61. The van der Waals surface area contributed by atoms with Crippen molar-refractivity contribution >= 4 is 5.69 Å². The minimum Gasteiger partial charge on any atom is -0.494 e. The van der Waals surface area contributed by atoms with Gasteiger partial charge >= 0.3 is 0 Å². The van der Waals surface area contributed by atoms with Gasteiger partial charge in [0.15, 0.2) is 0 Å². The van der Waals surface area contributed by atoms with E-state index in [9.17, 15) is 0 Å². The Kier molecular flexibility index (Phi) is 15.3. The van der Waals surface area contributed by atoms with Gasteiger partial charge in [-0.25, -0.2) is 0 Å². The van der Waals surface area contributed by atoms with Crippen molar-refractivity contribution in [2.45, 2.75) is 57.3 Å². The molecule has 2 aromatic carbocycles. The number of anilines is 1. The van der Waals surface area contributed by atoms with Crippen molar-refractivity contribution in [1.82, 2.24) is 5.32 Å². The van der Waals surface area contributed by atoms with Gasteiger partial charge in [0.2, 0.25) is 0 Å². The van der Waals surface area contributed by atoms with Crippen molar-refractivity contribution in [3.63, 3.8) is 0 Å². The third kappa shape index (κ3) is 11.1. The van der Waals surface area contributed by atoms with Crippen LogP contribution < -0.4 is 19.7 Å². The van der Waals surface area contributed by atoms with Crippen molar-refractivity contribution in [2.75, 3.05) is 78.3 Å². The molecular weight excluding hydrogens is 524 g/mol. The largest absolute Gasteiger partial charge is 0.494 e. The van der Waals surface area contributed by atoms with E-state index >= 15 is 0 Å². The van der Waals surface area contributed by atoms with Crippen LogP contribution in [0.1, 0.15) is 49.7 Å². The van der Waals surface area contributed by atoms with E-state index in [0.717, 1.165) is 82.4 Å². The van der Waals surface area contributed by atoms with Gasteiger partial charge in [0.05, 0.1) is 44.3 Å². The summed E-state index contributed by atoms with van der Waals surface area (Å²) < 4.78 is 28.5. The Labute approximate surface area is 245 Å². The molecule has 2 aliphatic rings. The third-order valence-corrected chi connectivity index (χ3v) is 7.40. The van der Waals surface area contributed by atoms with Crippen LogP contribution in [-0.4, -0.2) is 95.9 Å². The number of methoxy groups -OCH3 is 2. The summed E-state index contributed by atoms with van der Waals surface area (Å²) in [4.78, 5) is 2.39. The molecule has 0 saturated carbocycles. The Balaban J connectivity index is 0.000000696. The molecule has 2 aliphatic heterocycles. The smallest absolute Gasteiger partial charge is 0.142 e. The van der Waals surface area contributed by atoms with E-state index < -0.39 is 6.10 Å². The highest BCUT2D eigenvalue weighted by Crippen LogP contribution is 2.34. The molecule has 0 spiro atoms. The van der Waals surface area contributed by atoms with Crippen LogP contribution in [0.4, 0.5) is 5.69 Å². The predicted octanol–water partition coefficient (Wildman–Crippen LogP) is 3.75. The molecule has 9 nitrogen and oxygen atoms in total. The molecule has 0 aromatic heterocycles. The number of aliphatic hydroxyl groups is 2. The fourth-order valence-corrected chi connectivity index (χ4v) is 4.96. The SMILES string of the molecule is CC[C@H](O)CO.COCCCOc1ccc(C2CCNC[C@@H]2OCc2ccc3c(c2)N(CCCOC)CCO3)cc1. The Bertz CT molecular complexity index is 971. The van der Waals surface area contributed by atoms with E-state index in [-0.39, 0.29) is 12.7 Å². The van der Waals surface area contributed by atoms with Gasteiger partial charge in [0.1, 0.15) is 18.1 Å². The summed E-state index contributed by atoms with van der Waals surface area (Å²) in [6.45, 7) is 8.91. The lowest BCUT2D eigenvalue weighted by molar-refractivity contribution is 0.0106. The van der Waals surface area contributed by atoms with E-state index in [1.54, 1.807) is 14.2 Å². The molecule has 9 heteroatoms. The van der Waals surface area contributed by atoms with Crippen LogP contribution in [0.3, 0.4) is 0 Å². The first-order chi connectivity index (χ1) is 20.1. The maximum Gasteiger partial charge on any atom is 0.142 e. The Hall–Kier alpha value is -2.40. The van der Waals surface area contributed by atoms with Crippen LogP contribution in [0, 0.1) is 0 Å². The number of aliphatic hydroxyl groups excluding tert-OH is 2. The lowest BCUT2D eigenvalue weighted by Gasteiger charge is -2.33. The zero-order valence-corrected chi connectivity index (χ0v) is 25.1. The summed E-state index contributed by atoms with van der Waals surface area (Å²) in [5.74, 6) is 2.23. The molecule has 2 heterocycles. The Morgan fingerprint density at radius 2 is 1.83 bits per heavy atom. The molecule has 230 valence electrons. The van der Waals surface area contributed by atoms with Gasteiger partial charge in [-0.2, -0.15) is 0 Å². The van der Waals surface area contributed by atoms with Gasteiger partial charge in [-0.1, -0.05) is 25.1 Å². The zero-order valence-electron chi connectivity index (χ0n) is 25.1. The predicted molar refractivity (Wildman–Crippen MR) is 161 cm³/mol. The number of hydrogen-bond acceptors (Lipinski definition) is 9. The molecule has 0 radical (unpaired) electrons. The van der Waals surface area contributed by atoms with E-state index in [4.69, 9.17) is 33.9 Å². The van der Waals surface area contributed by atoms with Crippen LogP contribution in [0.15, 0.2) is 42.5 Å². The number of fused-ring (bicyclic) bond motifs is 1. The number of rotatable bonds is 15. The quantitative estimate of drug-likeness (QED) is 0.275. The average Bonchev–Trinajstić information content (AvgIpc) is 3.02. The number of hydrogen-bond donors (Lipinski definition) is 3. The molecule has 1 fully saturated rings. The third-order valence-electron chi connectivity index (χ3n) is 7.40. The zero-order chi connectivity index (χ0) is 29.3. The van der Waals surface area contributed by atoms with E-state index in [2.05, 4.69) is 52.7 Å². The molecule has 1 unspecified atom stereocenters. The van der Waals surface area contributed by atoms with Crippen LogP contribution in [-0.2, 0) is 20.8 Å². The van der Waals surface area contributed by atoms with Gasteiger partial charge < -0.3 is 44.1 Å². The molecule has 4 rings (SSSR count). The van der Waals surface area contributed by atoms with Crippen molar-refractivity contribution in [1.29, 1.82) is 0 Å². The Morgan fingerprint density at radius 1 is 1.05 bits per heavy atom. The molecule has 1 saturated heterocycles. The minimum absolute atomic E-state index is 0.115. The molecule has 41 heavy (non-hydrogen) atoms. The van der Waals surface area contributed by atoms with Crippen molar-refractivity contribution < 1.29 is 33.9 Å². The van der Waals surface area contributed by atoms with Gasteiger partial charge in [0.25, 0.3) is 0 Å². The van der Waals surface area contributed by atoms with Crippen LogP contribution in [0.2, 0.25) is 0 Å². The summed E-state index contributed by atoms with van der Waals surface area (Å²) in [6.07, 6.45) is 3.21. The molecule has 3 N–H and O–H groups in total. The molecule has 0 aliphatic carbocycles. The first kappa shape index (κ1) is 33.1. The van der Waals surface area contributed by atoms with Crippen LogP contribution >= 0.6 is 0 Å². The van der Waals surface area contributed by atoms with Crippen molar-refractivity contribution in [3.8, 4) is 11.5 Å². The number of nitrogens with one attached hydrogen (secondary N) is 1. The molecular formula is C32H50N2O7. The number of nitrogens with zero attached hydrogens (tertiary/aromatic N) is 1. The fraction of sp³-hybridized carbons (Fsp3) is 0.625. The summed E-state index contributed by atoms with van der Waals surface area (Å²) >= 11 is 0. The van der Waals surface area contributed by atoms with Crippen molar-refractivity contribution in [2.24, 2.45) is 0 Å². The molecule has 3 atom stereocenters. The van der Waals surface area contributed by atoms with E-state index in [1.165, 1.54) is 11.1 Å². The second-order valence-electron chi connectivity index (χ2n) is 10.4. The van der Waals surface area contributed by atoms with Gasteiger partial charge in [-0.05, 0) is 61.2 Å². The summed E-state index contributed by atoms with van der Waals surface area (Å²) in [7, 11) is 3.47. The molecule has 0 bridgehead atoms. The lowest BCUT2D eigenvalue weighted by atomic mass is 9.87. The minimum atomic E-state index is -0.509. The number of piperidine rings is 1. The highest BCUT2D eigenvalue weighted by Gasteiger charge is 2.27. The maximum atomic E-state index is 8.42. The van der Waals surface area contributed by atoms with Crippen LogP contribution in [0.5, 0.6) is 11.5 Å². The summed E-state index contributed by atoms with van der Waals surface area (Å²) in [5, 5.41) is 20.0. The second-order valence-corrected chi connectivity index (χ2v) is 10.4. The standard InChI is InChI=1S/C28H40N2O5.C4H10O2/c1-31-15-3-13-30-14-18-34-27-10-5-22(19-26(27)30)21-35-28-20-29-12-11-25(28)23-6-8-24(9-7-23)33-17-4-16-32-2;1-2-4(6)3-5/h5-10,19,25,28-29H,3-4,11-18,20-21H2,1-2H3;4-6H,2-3H2,1H3/t25?,28-;4-/m00/s1. The maximum absolute atomic E-state index is 8.42. The average molecular weight is 575 g/mol. The van der Waals surface area contributed by atoms with E-state index in [0.29, 0.717) is 25.6 Å². The topological polar surface area (TPSA) is 102 Å². The number of benzene rings is 2. The van der Waals surface area contributed by atoms with Crippen LogP contribution in [0.25, 0.3) is 0 Å². The lowest BCUT2D eigenvalue weighted by Crippen LogP contribution is -2.41. The summed E-state index contributed by atoms with van der Waals surface area (Å²) in [6, 6.07) is 14.9. The molecule has 2 aromatic rings. The molecule has 0 amide bonds. The fourth-order valence-electron chi connectivity index (χ4n) is 4.96. The van der Waals surface area contributed by atoms with Gasteiger partial charge in [-0.3, -0.25) is 0 Å². The van der Waals surface area contributed by atoms with Gasteiger partial charge in [0, 0.05) is 52.9 Å². The Morgan fingerprint density at radius 3 is 2.54 bits per heavy atom. The normalized spacial score (nSPS) is 19.0. The second kappa shape index (κ2) is 18.9.